The fraction of sp³-hybridized carbons (Fsp3) is 0.143. The maximum Gasteiger partial charge on any atom is 0.267 e. The third-order valence-electron chi connectivity index (χ3n) is 4.36. The summed E-state index contributed by atoms with van der Waals surface area (Å²) in [6.07, 6.45) is 0. The lowest BCUT2D eigenvalue weighted by atomic mass is 10.2. The molecule has 0 N–H and O–H groups in total. The Kier molecular flexibility index (Phi) is 6.75. The molecule has 0 radical (unpaired) electrons. The second-order valence-corrected chi connectivity index (χ2v) is 8.96. The van der Waals surface area contributed by atoms with E-state index in [9.17, 15) is 12.8 Å². The second kappa shape index (κ2) is 9.12. The van der Waals surface area contributed by atoms with Gasteiger partial charge in [-0.1, -0.05) is 35.3 Å². The molecule has 0 saturated heterocycles. The molecule has 3 aromatic rings. The van der Waals surface area contributed by atoms with Crippen LogP contribution in [-0.4, -0.2) is 22.6 Å². The number of anilines is 1. The van der Waals surface area contributed by atoms with Crippen LogP contribution in [0.25, 0.3) is 0 Å². The van der Waals surface area contributed by atoms with Gasteiger partial charge in [0.1, 0.15) is 10.7 Å². The van der Waals surface area contributed by atoms with Crippen molar-refractivity contribution in [2.45, 2.75) is 11.4 Å². The lowest BCUT2D eigenvalue weighted by Gasteiger charge is -2.26. The van der Waals surface area contributed by atoms with E-state index < -0.39 is 20.7 Å². The van der Waals surface area contributed by atoms with Gasteiger partial charge < -0.3 is 9.47 Å². The Morgan fingerprint density at radius 3 is 2.13 bits per heavy atom. The van der Waals surface area contributed by atoms with Crippen LogP contribution in [0.5, 0.6) is 11.5 Å². The summed E-state index contributed by atoms with van der Waals surface area (Å²) in [5, 5.41) is 0.619. The zero-order valence-electron chi connectivity index (χ0n) is 16.1. The molecule has 0 fully saturated rings. The highest BCUT2D eigenvalue weighted by Crippen LogP contribution is 2.35. The highest BCUT2D eigenvalue weighted by Gasteiger charge is 2.29. The predicted molar refractivity (Wildman–Crippen MR) is 116 cm³/mol. The van der Waals surface area contributed by atoms with Crippen molar-refractivity contribution in [3.8, 4) is 11.5 Å². The SMILES string of the molecule is COc1ccc(N(Cc2ccc(Cl)cc2)S(=O)(=O)c2cc(Cl)ccc2F)cc1OC. The fourth-order valence-electron chi connectivity index (χ4n) is 2.84. The molecular formula is C21H18Cl2FNO4S. The number of rotatable bonds is 7. The molecule has 0 bridgehead atoms. The smallest absolute Gasteiger partial charge is 0.267 e. The molecule has 3 rings (SSSR count). The van der Waals surface area contributed by atoms with Gasteiger partial charge >= 0.3 is 0 Å². The lowest BCUT2D eigenvalue weighted by Crippen LogP contribution is -2.31. The van der Waals surface area contributed by atoms with E-state index in [1.807, 2.05) is 0 Å². The van der Waals surface area contributed by atoms with Crippen molar-refractivity contribution < 1.29 is 22.3 Å². The Balaban J connectivity index is 2.16. The fourth-order valence-corrected chi connectivity index (χ4v) is 4.75. The van der Waals surface area contributed by atoms with Crippen molar-refractivity contribution >= 4 is 38.9 Å². The lowest BCUT2D eigenvalue weighted by molar-refractivity contribution is 0.355. The summed E-state index contributed by atoms with van der Waals surface area (Å²) >= 11 is 11.9. The minimum Gasteiger partial charge on any atom is -0.493 e. The van der Waals surface area contributed by atoms with E-state index in [0.29, 0.717) is 22.1 Å². The first-order valence-electron chi connectivity index (χ1n) is 8.70. The van der Waals surface area contributed by atoms with Crippen molar-refractivity contribution in [2.24, 2.45) is 0 Å². The average Bonchev–Trinajstić information content (AvgIpc) is 2.74. The van der Waals surface area contributed by atoms with Crippen LogP contribution < -0.4 is 13.8 Å². The maximum atomic E-state index is 14.5. The second-order valence-electron chi connectivity index (χ2n) is 6.25. The number of benzene rings is 3. The molecule has 30 heavy (non-hydrogen) atoms. The van der Waals surface area contributed by atoms with Crippen molar-refractivity contribution in [3.05, 3.63) is 82.1 Å². The van der Waals surface area contributed by atoms with Gasteiger partial charge in [-0.2, -0.15) is 0 Å². The first-order chi connectivity index (χ1) is 14.3. The molecule has 0 spiro atoms. The van der Waals surface area contributed by atoms with Crippen LogP contribution in [0.2, 0.25) is 10.0 Å². The standard InChI is InChI=1S/C21H18Cl2FNO4S/c1-28-19-10-8-17(12-20(19)29-2)25(13-14-3-5-15(22)6-4-14)30(26,27)21-11-16(23)7-9-18(21)24/h3-12H,13H2,1-2H3. The molecule has 0 heterocycles. The van der Waals surface area contributed by atoms with Crippen molar-refractivity contribution in [1.82, 2.24) is 0 Å². The Labute approximate surface area is 184 Å². The van der Waals surface area contributed by atoms with Gasteiger partial charge in [0, 0.05) is 16.1 Å². The molecule has 0 saturated carbocycles. The van der Waals surface area contributed by atoms with Crippen LogP contribution in [0, 0.1) is 5.82 Å². The monoisotopic (exact) mass is 469 g/mol. The van der Waals surface area contributed by atoms with E-state index in [0.717, 1.165) is 16.4 Å². The van der Waals surface area contributed by atoms with Crippen LogP contribution in [0.15, 0.2) is 65.6 Å². The molecule has 0 atom stereocenters. The number of hydrogen-bond acceptors (Lipinski definition) is 4. The number of ether oxygens (including phenoxy) is 2. The molecule has 5 nitrogen and oxygen atoms in total. The third-order valence-corrected chi connectivity index (χ3v) is 6.63. The molecule has 9 heteroatoms. The van der Waals surface area contributed by atoms with E-state index in [-0.39, 0.29) is 17.3 Å². The van der Waals surface area contributed by atoms with Gasteiger partial charge in [-0.25, -0.2) is 12.8 Å². The summed E-state index contributed by atoms with van der Waals surface area (Å²) in [6, 6.07) is 14.7. The van der Waals surface area contributed by atoms with Gasteiger partial charge in [0.2, 0.25) is 0 Å². The summed E-state index contributed by atoms with van der Waals surface area (Å²) in [5.74, 6) is -0.141. The molecule has 0 amide bonds. The summed E-state index contributed by atoms with van der Waals surface area (Å²) in [7, 11) is -1.40. The Morgan fingerprint density at radius 2 is 1.50 bits per heavy atom. The van der Waals surface area contributed by atoms with Crippen LogP contribution in [-0.2, 0) is 16.6 Å². The summed E-state index contributed by atoms with van der Waals surface area (Å²) in [6.45, 7) is -0.0685. The van der Waals surface area contributed by atoms with Crippen molar-refractivity contribution in [3.63, 3.8) is 0 Å². The van der Waals surface area contributed by atoms with E-state index in [2.05, 4.69) is 0 Å². The van der Waals surface area contributed by atoms with Crippen LogP contribution in [0.3, 0.4) is 0 Å². The number of methoxy groups -OCH3 is 2. The largest absolute Gasteiger partial charge is 0.493 e. The van der Waals surface area contributed by atoms with E-state index in [4.69, 9.17) is 32.7 Å². The van der Waals surface area contributed by atoms with Crippen LogP contribution >= 0.6 is 23.2 Å². The molecule has 3 aromatic carbocycles. The minimum absolute atomic E-state index is 0.0685. The first-order valence-corrected chi connectivity index (χ1v) is 10.9. The summed E-state index contributed by atoms with van der Waals surface area (Å²) in [4.78, 5) is -0.529. The summed E-state index contributed by atoms with van der Waals surface area (Å²) in [5.41, 5.74) is 0.919. The Morgan fingerprint density at radius 1 is 0.867 bits per heavy atom. The average molecular weight is 470 g/mol. The van der Waals surface area contributed by atoms with Crippen LogP contribution in [0.1, 0.15) is 5.56 Å². The molecule has 0 aliphatic carbocycles. The van der Waals surface area contributed by atoms with Gasteiger partial charge in [-0.3, -0.25) is 4.31 Å². The summed E-state index contributed by atoms with van der Waals surface area (Å²) < 4.78 is 53.0. The third kappa shape index (κ3) is 4.64. The number of hydrogen-bond donors (Lipinski definition) is 0. The van der Waals surface area contributed by atoms with Crippen molar-refractivity contribution in [1.29, 1.82) is 0 Å². The zero-order chi connectivity index (χ0) is 21.9. The van der Waals surface area contributed by atoms with Gasteiger partial charge in [-0.15, -0.1) is 0 Å². The quantitative estimate of drug-likeness (QED) is 0.455. The van der Waals surface area contributed by atoms with Gasteiger partial charge in [0.05, 0.1) is 26.5 Å². The van der Waals surface area contributed by atoms with E-state index in [1.165, 1.54) is 26.4 Å². The molecule has 158 valence electrons. The Hall–Kier alpha value is -2.48. The molecular weight excluding hydrogens is 452 g/mol. The highest BCUT2D eigenvalue weighted by atomic mass is 35.5. The predicted octanol–water partition coefficient (Wildman–Crippen LogP) is 5.55. The number of nitrogens with zero attached hydrogens (tertiary/aromatic N) is 1. The molecule has 0 unspecified atom stereocenters. The molecule has 0 aromatic heterocycles. The molecule has 0 aliphatic rings. The first kappa shape index (κ1) is 22.2. The Bertz CT molecular complexity index is 1150. The molecule has 0 aliphatic heterocycles. The van der Waals surface area contributed by atoms with Crippen LogP contribution in [0.4, 0.5) is 10.1 Å². The number of sulfonamides is 1. The van der Waals surface area contributed by atoms with Gasteiger partial charge in [0.25, 0.3) is 10.0 Å². The minimum atomic E-state index is -4.32. The number of halogens is 3. The normalized spacial score (nSPS) is 11.2. The van der Waals surface area contributed by atoms with Gasteiger partial charge in [0.15, 0.2) is 11.5 Å². The zero-order valence-corrected chi connectivity index (χ0v) is 18.4. The van der Waals surface area contributed by atoms with E-state index in [1.54, 1.807) is 36.4 Å². The maximum absolute atomic E-state index is 14.5. The topological polar surface area (TPSA) is 55.8 Å². The highest BCUT2D eigenvalue weighted by molar-refractivity contribution is 7.92. The van der Waals surface area contributed by atoms with Gasteiger partial charge in [-0.05, 0) is 48.0 Å². The van der Waals surface area contributed by atoms with Crippen molar-refractivity contribution in [2.75, 3.05) is 18.5 Å². The van der Waals surface area contributed by atoms with E-state index >= 15 is 0 Å².